The summed E-state index contributed by atoms with van der Waals surface area (Å²) in [5.41, 5.74) is 1.60. The first-order valence-corrected chi connectivity index (χ1v) is 9.23. The zero-order valence-corrected chi connectivity index (χ0v) is 15.7. The molecular weight excluding hydrogens is 322 g/mol. The molecule has 0 heterocycles. The molecule has 2 rings (SSSR count). The van der Waals surface area contributed by atoms with E-state index in [0.29, 0.717) is 5.41 Å². The standard InChI is InChI=1S/C19H30ClN3O/c1-21-18(22-12-8-16-6-5-7-17(20)14-16)23-15-19(11-13-24-2)9-3-4-10-19/h5-7,14H,3-4,8-13,15H2,1-2H3,(H2,21,22,23). The Bertz CT molecular complexity index is 527. The third-order valence-corrected chi connectivity index (χ3v) is 5.19. The SMILES string of the molecule is CN=C(NCCc1cccc(Cl)c1)NCC1(CCOC)CCCC1. The largest absolute Gasteiger partial charge is 0.385 e. The zero-order valence-electron chi connectivity index (χ0n) is 14.9. The Morgan fingerprint density at radius 3 is 2.75 bits per heavy atom. The maximum Gasteiger partial charge on any atom is 0.191 e. The quantitative estimate of drug-likeness (QED) is 0.555. The lowest BCUT2D eigenvalue weighted by atomic mass is 9.83. The molecule has 0 atom stereocenters. The van der Waals surface area contributed by atoms with Crippen LogP contribution in [0.25, 0.3) is 0 Å². The molecule has 0 unspecified atom stereocenters. The van der Waals surface area contributed by atoms with Gasteiger partial charge in [0.15, 0.2) is 5.96 Å². The highest BCUT2D eigenvalue weighted by atomic mass is 35.5. The minimum Gasteiger partial charge on any atom is -0.385 e. The third-order valence-electron chi connectivity index (χ3n) is 4.95. The first kappa shape index (κ1) is 19.1. The summed E-state index contributed by atoms with van der Waals surface area (Å²) in [5, 5.41) is 7.70. The Morgan fingerprint density at radius 2 is 2.08 bits per heavy atom. The summed E-state index contributed by atoms with van der Waals surface area (Å²) in [6.07, 6.45) is 7.26. The number of hydrogen-bond donors (Lipinski definition) is 2. The van der Waals surface area contributed by atoms with Gasteiger partial charge in [-0.3, -0.25) is 4.99 Å². The van der Waals surface area contributed by atoms with E-state index in [9.17, 15) is 0 Å². The summed E-state index contributed by atoms with van der Waals surface area (Å²) in [6.45, 7) is 2.64. The van der Waals surface area contributed by atoms with Gasteiger partial charge in [-0.25, -0.2) is 0 Å². The summed E-state index contributed by atoms with van der Waals surface area (Å²) in [5.74, 6) is 0.876. The molecule has 0 saturated heterocycles. The Morgan fingerprint density at radius 1 is 1.29 bits per heavy atom. The maximum atomic E-state index is 6.03. The molecule has 0 amide bonds. The van der Waals surface area contributed by atoms with Gasteiger partial charge < -0.3 is 15.4 Å². The van der Waals surface area contributed by atoms with Crippen molar-refractivity contribution in [2.45, 2.75) is 38.5 Å². The van der Waals surface area contributed by atoms with Gasteiger partial charge in [-0.1, -0.05) is 36.6 Å². The van der Waals surface area contributed by atoms with Crippen LogP contribution in [-0.4, -0.2) is 39.8 Å². The third kappa shape index (κ3) is 5.99. The maximum absolute atomic E-state index is 6.03. The summed E-state index contributed by atoms with van der Waals surface area (Å²) in [6, 6.07) is 8.00. The van der Waals surface area contributed by atoms with E-state index in [0.717, 1.165) is 43.5 Å². The first-order chi connectivity index (χ1) is 11.7. The van der Waals surface area contributed by atoms with E-state index in [1.54, 1.807) is 7.11 Å². The van der Waals surface area contributed by atoms with Crippen LogP contribution in [0, 0.1) is 5.41 Å². The van der Waals surface area contributed by atoms with Gasteiger partial charge in [0, 0.05) is 38.9 Å². The molecule has 1 fully saturated rings. The topological polar surface area (TPSA) is 45.7 Å². The molecule has 1 saturated carbocycles. The van der Waals surface area contributed by atoms with E-state index >= 15 is 0 Å². The van der Waals surface area contributed by atoms with Gasteiger partial charge in [-0.15, -0.1) is 0 Å². The van der Waals surface area contributed by atoms with Gasteiger partial charge in [0.1, 0.15) is 0 Å². The number of nitrogens with one attached hydrogen (secondary N) is 2. The average Bonchev–Trinajstić information content (AvgIpc) is 3.05. The van der Waals surface area contributed by atoms with Crippen molar-refractivity contribution in [2.24, 2.45) is 10.4 Å². The minimum atomic E-state index is 0.362. The van der Waals surface area contributed by atoms with E-state index in [1.807, 2.05) is 25.2 Å². The molecule has 0 radical (unpaired) electrons. The number of rotatable bonds is 8. The zero-order chi connectivity index (χ0) is 17.3. The molecule has 1 aliphatic carbocycles. The molecule has 0 bridgehead atoms. The first-order valence-electron chi connectivity index (χ1n) is 8.85. The van der Waals surface area contributed by atoms with Crippen molar-refractivity contribution < 1.29 is 4.74 Å². The van der Waals surface area contributed by atoms with Crippen molar-refractivity contribution in [3.05, 3.63) is 34.9 Å². The Balaban J connectivity index is 1.77. The molecule has 4 nitrogen and oxygen atoms in total. The highest BCUT2D eigenvalue weighted by Crippen LogP contribution is 2.40. The van der Waals surface area contributed by atoms with Crippen LogP contribution in [-0.2, 0) is 11.2 Å². The lowest BCUT2D eigenvalue weighted by Crippen LogP contribution is -2.43. The molecule has 1 aliphatic rings. The lowest BCUT2D eigenvalue weighted by Gasteiger charge is -2.30. The van der Waals surface area contributed by atoms with Gasteiger partial charge in [0.2, 0.25) is 0 Å². The average molecular weight is 352 g/mol. The molecule has 1 aromatic rings. The van der Waals surface area contributed by atoms with Crippen LogP contribution in [0.1, 0.15) is 37.7 Å². The molecule has 0 spiro atoms. The molecule has 0 aromatic heterocycles. The fourth-order valence-corrected chi connectivity index (χ4v) is 3.68. The van der Waals surface area contributed by atoms with Crippen LogP contribution >= 0.6 is 11.6 Å². The van der Waals surface area contributed by atoms with E-state index in [1.165, 1.54) is 31.2 Å². The Hall–Kier alpha value is -1.26. The number of ether oxygens (including phenoxy) is 1. The lowest BCUT2D eigenvalue weighted by molar-refractivity contribution is 0.138. The van der Waals surface area contributed by atoms with Gasteiger partial charge >= 0.3 is 0 Å². The monoisotopic (exact) mass is 351 g/mol. The van der Waals surface area contributed by atoms with Crippen molar-refractivity contribution >= 4 is 17.6 Å². The summed E-state index contributed by atoms with van der Waals surface area (Å²) >= 11 is 6.03. The molecule has 0 aliphatic heterocycles. The number of nitrogens with zero attached hydrogens (tertiary/aromatic N) is 1. The van der Waals surface area contributed by atoms with E-state index < -0.39 is 0 Å². The van der Waals surface area contributed by atoms with Crippen molar-refractivity contribution in [2.75, 3.05) is 33.9 Å². The molecule has 134 valence electrons. The van der Waals surface area contributed by atoms with Crippen LogP contribution < -0.4 is 10.6 Å². The Labute approximate surface area is 151 Å². The molecule has 5 heteroatoms. The van der Waals surface area contributed by atoms with Crippen LogP contribution in [0.15, 0.2) is 29.3 Å². The summed E-state index contributed by atoms with van der Waals surface area (Å²) in [4.78, 5) is 4.35. The fraction of sp³-hybridized carbons (Fsp3) is 0.632. The second-order valence-electron chi connectivity index (χ2n) is 6.68. The number of hydrogen-bond acceptors (Lipinski definition) is 2. The van der Waals surface area contributed by atoms with Crippen LogP contribution in [0.4, 0.5) is 0 Å². The number of guanidine groups is 1. The fourth-order valence-electron chi connectivity index (χ4n) is 3.47. The van der Waals surface area contributed by atoms with Gasteiger partial charge in [0.05, 0.1) is 0 Å². The van der Waals surface area contributed by atoms with Crippen molar-refractivity contribution in [3.63, 3.8) is 0 Å². The van der Waals surface area contributed by atoms with Crippen molar-refractivity contribution in [1.29, 1.82) is 0 Å². The summed E-state index contributed by atoms with van der Waals surface area (Å²) < 4.78 is 5.30. The van der Waals surface area contributed by atoms with Gasteiger partial charge in [-0.05, 0) is 48.8 Å². The van der Waals surface area contributed by atoms with Crippen molar-refractivity contribution in [3.8, 4) is 0 Å². The number of benzene rings is 1. The predicted molar refractivity (Wildman–Crippen MR) is 102 cm³/mol. The molecule has 2 N–H and O–H groups in total. The second kappa shape index (κ2) is 9.90. The molecule has 1 aromatic carbocycles. The van der Waals surface area contributed by atoms with Gasteiger partial charge in [-0.2, -0.15) is 0 Å². The second-order valence-corrected chi connectivity index (χ2v) is 7.12. The van der Waals surface area contributed by atoms with E-state index in [2.05, 4.69) is 21.7 Å². The van der Waals surface area contributed by atoms with Crippen molar-refractivity contribution in [1.82, 2.24) is 10.6 Å². The van der Waals surface area contributed by atoms with Crippen LogP contribution in [0.2, 0.25) is 5.02 Å². The number of halogens is 1. The molecule has 24 heavy (non-hydrogen) atoms. The normalized spacial score (nSPS) is 17.0. The summed E-state index contributed by atoms with van der Waals surface area (Å²) in [7, 11) is 3.61. The smallest absolute Gasteiger partial charge is 0.191 e. The van der Waals surface area contributed by atoms with Gasteiger partial charge in [0.25, 0.3) is 0 Å². The highest BCUT2D eigenvalue weighted by Gasteiger charge is 2.33. The predicted octanol–water partition coefficient (Wildman–Crippen LogP) is 3.64. The van der Waals surface area contributed by atoms with Crippen LogP contribution in [0.5, 0.6) is 0 Å². The molecular formula is C19H30ClN3O. The Kier molecular flexibility index (Phi) is 7.86. The van der Waals surface area contributed by atoms with E-state index in [-0.39, 0.29) is 0 Å². The van der Waals surface area contributed by atoms with E-state index in [4.69, 9.17) is 16.3 Å². The highest BCUT2D eigenvalue weighted by molar-refractivity contribution is 6.30. The minimum absolute atomic E-state index is 0.362. The van der Waals surface area contributed by atoms with Crippen LogP contribution in [0.3, 0.4) is 0 Å². The number of aliphatic imine (C=N–C) groups is 1. The number of methoxy groups -OCH3 is 1.